The van der Waals surface area contributed by atoms with Crippen LogP contribution < -0.4 is 5.32 Å². The van der Waals surface area contributed by atoms with Gasteiger partial charge in [0.1, 0.15) is 0 Å². The molecule has 1 saturated carbocycles. The third-order valence-electron chi connectivity index (χ3n) is 3.02. The summed E-state index contributed by atoms with van der Waals surface area (Å²) in [4.78, 5) is 0. The molecule has 1 aliphatic heterocycles. The Kier molecular flexibility index (Phi) is 2.13. The number of halogens is 1. The smallest absolute Gasteiger partial charge is 0.0800 e. The number of nitrogens with zero attached hydrogens (tertiary/aromatic N) is 2. The lowest BCUT2D eigenvalue weighted by Gasteiger charge is -1.99. The molecule has 0 bridgehead atoms. The maximum absolute atomic E-state index is 4.70. The van der Waals surface area contributed by atoms with E-state index in [-0.39, 0.29) is 0 Å². The maximum Gasteiger partial charge on any atom is 0.0800 e. The fraction of sp³-hybridized carbons (Fsp3) is 0.700. The van der Waals surface area contributed by atoms with Crippen LogP contribution in [0.1, 0.15) is 30.1 Å². The lowest BCUT2D eigenvalue weighted by atomic mass is 10.2. The fourth-order valence-corrected chi connectivity index (χ4v) is 2.86. The van der Waals surface area contributed by atoms with E-state index in [4.69, 9.17) is 5.10 Å². The van der Waals surface area contributed by atoms with Crippen LogP contribution in [0.3, 0.4) is 0 Å². The van der Waals surface area contributed by atoms with Crippen LogP contribution in [-0.2, 0) is 13.0 Å². The molecule has 0 aromatic carbocycles. The van der Waals surface area contributed by atoms with Crippen LogP contribution >= 0.6 is 15.9 Å². The first-order valence-electron chi connectivity index (χ1n) is 5.32. The molecular weight excluding hydrogens is 242 g/mol. The first-order chi connectivity index (χ1) is 6.86. The van der Waals surface area contributed by atoms with Crippen molar-refractivity contribution in [2.75, 3.05) is 13.1 Å². The highest BCUT2D eigenvalue weighted by atomic mass is 79.9. The topological polar surface area (TPSA) is 29.9 Å². The zero-order valence-electron chi connectivity index (χ0n) is 8.09. The summed E-state index contributed by atoms with van der Waals surface area (Å²) in [7, 11) is 0. The minimum Gasteiger partial charge on any atom is -0.315 e. The van der Waals surface area contributed by atoms with Crippen LogP contribution in [0.2, 0.25) is 0 Å². The molecule has 3 rings (SSSR count). The van der Waals surface area contributed by atoms with Gasteiger partial charge >= 0.3 is 0 Å². The van der Waals surface area contributed by atoms with Crippen molar-refractivity contribution in [3.63, 3.8) is 0 Å². The predicted molar refractivity (Wildman–Crippen MR) is 58.5 cm³/mol. The summed E-state index contributed by atoms with van der Waals surface area (Å²) in [6, 6.07) is 0. The van der Waals surface area contributed by atoms with E-state index < -0.39 is 0 Å². The number of aromatic nitrogens is 2. The minimum atomic E-state index is 0.747. The van der Waals surface area contributed by atoms with E-state index in [0.29, 0.717) is 0 Å². The number of hydrogen-bond acceptors (Lipinski definition) is 2. The highest BCUT2D eigenvalue weighted by Gasteiger charge is 2.30. The molecule has 2 heterocycles. The van der Waals surface area contributed by atoms with Crippen molar-refractivity contribution in [1.29, 1.82) is 0 Å². The summed E-state index contributed by atoms with van der Waals surface area (Å²) in [5.41, 5.74) is 2.69. The molecule has 4 heteroatoms. The van der Waals surface area contributed by atoms with Gasteiger partial charge in [0, 0.05) is 25.4 Å². The quantitative estimate of drug-likeness (QED) is 0.828. The van der Waals surface area contributed by atoms with Gasteiger partial charge in [0.15, 0.2) is 0 Å². The van der Waals surface area contributed by atoms with Crippen molar-refractivity contribution in [1.82, 2.24) is 15.1 Å². The van der Waals surface area contributed by atoms with Gasteiger partial charge in [0.05, 0.1) is 22.4 Å². The molecule has 0 saturated heterocycles. The van der Waals surface area contributed by atoms with Gasteiger partial charge in [0.25, 0.3) is 0 Å². The second-order valence-electron chi connectivity index (χ2n) is 4.14. The summed E-state index contributed by atoms with van der Waals surface area (Å²) in [5, 5.41) is 8.09. The molecule has 1 fully saturated rings. The second-order valence-corrected chi connectivity index (χ2v) is 4.94. The molecule has 0 amide bonds. The monoisotopic (exact) mass is 255 g/mol. The Bertz CT molecular complexity index is 354. The molecule has 2 aliphatic rings. The van der Waals surface area contributed by atoms with Gasteiger partial charge < -0.3 is 5.32 Å². The molecule has 0 spiro atoms. The maximum atomic E-state index is 4.70. The average Bonchev–Trinajstić information content (AvgIpc) is 2.99. The van der Waals surface area contributed by atoms with Gasteiger partial charge in [-0.3, -0.25) is 4.68 Å². The van der Waals surface area contributed by atoms with Crippen molar-refractivity contribution < 1.29 is 0 Å². The predicted octanol–water partition coefficient (Wildman–Crippen LogP) is 1.67. The highest BCUT2D eigenvalue weighted by Crippen LogP contribution is 2.43. The van der Waals surface area contributed by atoms with Gasteiger partial charge in [-0.15, -0.1) is 0 Å². The normalized spacial score (nSPS) is 21.8. The van der Waals surface area contributed by atoms with Crippen molar-refractivity contribution in [3.05, 3.63) is 15.9 Å². The van der Waals surface area contributed by atoms with Gasteiger partial charge in [-0.1, -0.05) is 0 Å². The lowest BCUT2D eigenvalue weighted by molar-refractivity contribution is 0.582. The molecule has 1 N–H and O–H groups in total. The van der Waals surface area contributed by atoms with Crippen molar-refractivity contribution in [3.8, 4) is 0 Å². The van der Waals surface area contributed by atoms with Crippen LogP contribution in [-0.4, -0.2) is 22.9 Å². The number of hydrogen-bond donors (Lipinski definition) is 1. The van der Waals surface area contributed by atoms with Crippen LogP contribution in [0, 0.1) is 0 Å². The van der Waals surface area contributed by atoms with E-state index in [1.54, 1.807) is 0 Å². The number of nitrogens with one attached hydrogen (secondary N) is 1. The largest absolute Gasteiger partial charge is 0.315 e. The molecule has 14 heavy (non-hydrogen) atoms. The highest BCUT2D eigenvalue weighted by molar-refractivity contribution is 9.10. The van der Waals surface area contributed by atoms with E-state index in [9.17, 15) is 0 Å². The number of rotatable bonds is 1. The molecule has 0 unspecified atom stereocenters. The SMILES string of the molecule is Brc1c(C2CC2)nn2c1CCNCC2. The van der Waals surface area contributed by atoms with Crippen LogP contribution in [0.4, 0.5) is 0 Å². The van der Waals surface area contributed by atoms with Crippen molar-refractivity contribution in [2.24, 2.45) is 0 Å². The lowest BCUT2D eigenvalue weighted by Crippen LogP contribution is -2.17. The molecule has 1 aromatic rings. The zero-order valence-corrected chi connectivity index (χ0v) is 9.68. The molecule has 1 aliphatic carbocycles. The summed E-state index contributed by atoms with van der Waals surface area (Å²) in [6.45, 7) is 3.14. The summed E-state index contributed by atoms with van der Waals surface area (Å²) >= 11 is 3.70. The van der Waals surface area contributed by atoms with Crippen molar-refractivity contribution in [2.45, 2.75) is 31.7 Å². The van der Waals surface area contributed by atoms with Gasteiger partial charge in [-0.2, -0.15) is 5.10 Å². The Hall–Kier alpha value is -0.350. The summed E-state index contributed by atoms with van der Waals surface area (Å²) in [6.07, 6.45) is 3.75. The van der Waals surface area contributed by atoms with Crippen LogP contribution in [0.15, 0.2) is 4.47 Å². The molecular formula is C10H14BrN3. The number of fused-ring (bicyclic) bond motifs is 1. The van der Waals surface area contributed by atoms with E-state index in [0.717, 1.165) is 32.0 Å². The fourth-order valence-electron chi connectivity index (χ4n) is 2.05. The standard InChI is InChI=1S/C10H14BrN3/c11-9-8-3-4-12-5-6-14(8)13-10(9)7-1-2-7/h7,12H,1-6H2. The van der Waals surface area contributed by atoms with Gasteiger partial charge in [0.2, 0.25) is 0 Å². The Morgan fingerprint density at radius 1 is 1.36 bits per heavy atom. The average molecular weight is 256 g/mol. The second kappa shape index (κ2) is 3.35. The Morgan fingerprint density at radius 3 is 3.00 bits per heavy atom. The zero-order chi connectivity index (χ0) is 9.54. The van der Waals surface area contributed by atoms with E-state index in [1.807, 2.05) is 0 Å². The van der Waals surface area contributed by atoms with Crippen LogP contribution in [0.25, 0.3) is 0 Å². The Labute approximate surface area is 92.0 Å². The van der Waals surface area contributed by atoms with Crippen molar-refractivity contribution >= 4 is 15.9 Å². The first-order valence-corrected chi connectivity index (χ1v) is 6.11. The molecule has 0 atom stereocenters. The Morgan fingerprint density at radius 2 is 2.21 bits per heavy atom. The van der Waals surface area contributed by atoms with E-state index >= 15 is 0 Å². The van der Waals surface area contributed by atoms with E-state index in [1.165, 1.54) is 28.7 Å². The molecule has 1 aromatic heterocycles. The third-order valence-corrected chi connectivity index (χ3v) is 3.89. The molecule has 3 nitrogen and oxygen atoms in total. The van der Waals surface area contributed by atoms with Gasteiger partial charge in [-0.25, -0.2) is 0 Å². The molecule has 76 valence electrons. The minimum absolute atomic E-state index is 0.747. The Balaban J connectivity index is 2.01. The van der Waals surface area contributed by atoms with E-state index in [2.05, 4.69) is 25.9 Å². The van der Waals surface area contributed by atoms with Crippen LogP contribution in [0.5, 0.6) is 0 Å². The first kappa shape index (κ1) is 8.92. The summed E-state index contributed by atoms with van der Waals surface area (Å²) < 4.78 is 3.46. The molecule has 0 radical (unpaired) electrons. The summed E-state index contributed by atoms with van der Waals surface area (Å²) in [5.74, 6) is 0.747. The third kappa shape index (κ3) is 1.41. The van der Waals surface area contributed by atoms with Gasteiger partial charge in [-0.05, 0) is 28.8 Å².